The van der Waals surface area contributed by atoms with Gasteiger partial charge in [0.05, 0.1) is 0 Å². The van der Waals surface area contributed by atoms with Crippen LogP contribution in [0, 0.1) is 5.92 Å². The third kappa shape index (κ3) is 3.66. The topological polar surface area (TPSA) is 72.3 Å². The molecule has 0 aliphatic heterocycles. The van der Waals surface area contributed by atoms with E-state index >= 15 is 0 Å². The van der Waals surface area contributed by atoms with Crippen molar-refractivity contribution in [3.63, 3.8) is 0 Å². The van der Waals surface area contributed by atoms with Crippen molar-refractivity contribution in [2.75, 3.05) is 24.6 Å². The first-order valence-electron chi connectivity index (χ1n) is 5.89. The number of anilines is 2. The Bertz CT molecular complexity index is 381. The van der Waals surface area contributed by atoms with Crippen molar-refractivity contribution in [3.8, 4) is 0 Å². The van der Waals surface area contributed by atoms with Gasteiger partial charge in [0, 0.05) is 30.0 Å². The van der Waals surface area contributed by atoms with E-state index in [1.807, 2.05) is 6.92 Å². The van der Waals surface area contributed by atoms with Gasteiger partial charge in [0.1, 0.15) is 0 Å². The van der Waals surface area contributed by atoms with Crippen molar-refractivity contribution in [1.82, 2.24) is 4.90 Å². The molecular formula is C13H21N3O. The fraction of sp³-hybridized carbons (Fsp3) is 0.462. The molecule has 1 amide bonds. The molecular weight excluding hydrogens is 214 g/mol. The van der Waals surface area contributed by atoms with Crippen molar-refractivity contribution in [2.45, 2.75) is 20.8 Å². The second kappa shape index (κ2) is 5.57. The van der Waals surface area contributed by atoms with Crippen molar-refractivity contribution in [1.29, 1.82) is 0 Å². The van der Waals surface area contributed by atoms with Gasteiger partial charge in [0.15, 0.2) is 0 Å². The third-order valence-electron chi connectivity index (χ3n) is 2.48. The van der Waals surface area contributed by atoms with Crippen LogP contribution in [-0.2, 0) is 0 Å². The summed E-state index contributed by atoms with van der Waals surface area (Å²) in [5.41, 5.74) is 13.0. The second-order valence-corrected chi connectivity index (χ2v) is 4.63. The number of amides is 1. The first-order valence-corrected chi connectivity index (χ1v) is 5.89. The van der Waals surface area contributed by atoms with Crippen LogP contribution in [0.15, 0.2) is 18.2 Å². The normalized spacial score (nSPS) is 10.6. The second-order valence-electron chi connectivity index (χ2n) is 4.63. The molecule has 1 aromatic carbocycles. The van der Waals surface area contributed by atoms with E-state index in [2.05, 4.69) is 13.8 Å². The van der Waals surface area contributed by atoms with Crippen molar-refractivity contribution in [3.05, 3.63) is 23.8 Å². The number of benzene rings is 1. The summed E-state index contributed by atoms with van der Waals surface area (Å²) in [4.78, 5) is 14.0. The zero-order chi connectivity index (χ0) is 13.0. The SMILES string of the molecule is CCN(CC(C)C)C(=O)c1cc(N)cc(N)c1. The van der Waals surface area contributed by atoms with Gasteiger partial charge in [0.2, 0.25) is 0 Å². The molecule has 0 unspecified atom stereocenters. The monoisotopic (exact) mass is 235 g/mol. The molecule has 4 heteroatoms. The molecule has 0 radical (unpaired) electrons. The molecule has 0 bridgehead atoms. The highest BCUT2D eigenvalue weighted by Gasteiger charge is 2.15. The number of nitrogens with two attached hydrogens (primary N) is 2. The van der Waals surface area contributed by atoms with E-state index in [1.54, 1.807) is 23.1 Å². The lowest BCUT2D eigenvalue weighted by atomic mass is 10.1. The van der Waals surface area contributed by atoms with Crippen molar-refractivity contribution < 1.29 is 4.79 Å². The Hall–Kier alpha value is -1.71. The Morgan fingerprint density at radius 1 is 1.24 bits per heavy atom. The number of nitrogen functional groups attached to an aromatic ring is 2. The Kier molecular flexibility index (Phi) is 4.37. The molecule has 0 heterocycles. The van der Waals surface area contributed by atoms with Crippen LogP contribution in [0.5, 0.6) is 0 Å². The maximum atomic E-state index is 12.2. The summed E-state index contributed by atoms with van der Waals surface area (Å²) in [5, 5.41) is 0. The molecule has 94 valence electrons. The number of hydrogen-bond donors (Lipinski definition) is 2. The van der Waals surface area contributed by atoms with Crippen molar-refractivity contribution in [2.24, 2.45) is 5.92 Å². The van der Waals surface area contributed by atoms with E-state index in [4.69, 9.17) is 11.5 Å². The Morgan fingerprint density at radius 3 is 2.18 bits per heavy atom. The van der Waals surface area contributed by atoms with Gasteiger partial charge in [-0.05, 0) is 31.0 Å². The number of hydrogen-bond acceptors (Lipinski definition) is 3. The molecule has 0 atom stereocenters. The number of carbonyl (C=O) groups excluding carboxylic acids is 1. The molecule has 0 saturated heterocycles. The molecule has 0 aromatic heterocycles. The van der Waals surface area contributed by atoms with Gasteiger partial charge in [-0.3, -0.25) is 4.79 Å². The van der Waals surface area contributed by atoms with Crippen LogP contribution in [0.2, 0.25) is 0 Å². The van der Waals surface area contributed by atoms with E-state index in [-0.39, 0.29) is 5.91 Å². The predicted octanol–water partition coefficient (Wildman–Crippen LogP) is 1.97. The molecule has 17 heavy (non-hydrogen) atoms. The summed E-state index contributed by atoms with van der Waals surface area (Å²) in [7, 11) is 0. The molecule has 1 aromatic rings. The molecule has 1 rings (SSSR count). The van der Waals surface area contributed by atoms with E-state index in [1.165, 1.54) is 0 Å². The lowest BCUT2D eigenvalue weighted by molar-refractivity contribution is 0.0746. The highest BCUT2D eigenvalue weighted by atomic mass is 16.2. The minimum atomic E-state index is -0.0137. The molecule has 0 aliphatic carbocycles. The fourth-order valence-corrected chi connectivity index (χ4v) is 1.78. The zero-order valence-corrected chi connectivity index (χ0v) is 10.7. The van der Waals surface area contributed by atoms with E-state index in [9.17, 15) is 4.79 Å². The first-order chi connectivity index (χ1) is 7.93. The average molecular weight is 235 g/mol. The quantitative estimate of drug-likeness (QED) is 0.784. The number of rotatable bonds is 4. The Labute approximate surface area is 103 Å². The van der Waals surface area contributed by atoms with Crippen LogP contribution in [0.3, 0.4) is 0 Å². The first kappa shape index (κ1) is 13.4. The van der Waals surface area contributed by atoms with E-state index < -0.39 is 0 Å². The summed E-state index contributed by atoms with van der Waals surface area (Å²) < 4.78 is 0. The summed E-state index contributed by atoms with van der Waals surface area (Å²) in [6, 6.07) is 4.98. The van der Waals surface area contributed by atoms with Crippen LogP contribution < -0.4 is 11.5 Å². The van der Waals surface area contributed by atoms with Gasteiger partial charge in [-0.1, -0.05) is 13.8 Å². The van der Waals surface area contributed by atoms with Gasteiger partial charge >= 0.3 is 0 Å². The summed E-state index contributed by atoms with van der Waals surface area (Å²) in [6.45, 7) is 7.57. The minimum absolute atomic E-state index is 0.0137. The molecule has 4 N–H and O–H groups in total. The average Bonchev–Trinajstić information content (AvgIpc) is 2.23. The highest BCUT2D eigenvalue weighted by molar-refractivity contribution is 5.96. The highest BCUT2D eigenvalue weighted by Crippen LogP contribution is 2.16. The fourth-order valence-electron chi connectivity index (χ4n) is 1.78. The van der Waals surface area contributed by atoms with Gasteiger partial charge < -0.3 is 16.4 Å². The number of nitrogens with zero attached hydrogens (tertiary/aromatic N) is 1. The Balaban J connectivity index is 2.93. The van der Waals surface area contributed by atoms with Gasteiger partial charge in [-0.2, -0.15) is 0 Å². The van der Waals surface area contributed by atoms with E-state index in [0.29, 0.717) is 29.4 Å². The standard InChI is InChI=1S/C13H21N3O/c1-4-16(8-9(2)3)13(17)10-5-11(14)7-12(15)6-10/h5-7,9H,4,8,14-15H2,1-3H3. The zero-order valence-electron chi connectivity index (χ0n) is 10.7. The molecule has 0 fully saturated rings. The summed E-state index contributed by atoms with van der Waals surface area (Å²) in [6.07, 6.45) is 0. The van der Waals surface area contributed by atoms with E-state index in [0.717, 1.165) is 6.54 Å². The van der Waals surface area contributed by atoms with Crippen LogP contribution in [0.25, 0.3) is 0 Å². The van der Waals surface area contributed by atoms with Gasteiger partial charge in [0.25, 0.3) is 5.91 Å². The number of carbonyl (C=O) groups is 1. The maximum absolute atomic E-state index is 12.2. The molecule has 0 saturated carbocycles. The molecule has 0 spiro atoms. The Morgan fingerprint density at radius 2 is 1.76 bits per heavy atom. The predicted molar refractivity (Wildman–Crippen MR) is 71.7 cm³/mol. The largest absolute Gasteiger partial charge is 0.399 e. The molecule has 4 nitrogen and oxygen atoms in total. The van der Waals surface area contributed by atoms with Gasteiger partial charge in [-0.15, -0.1) is 0 Å². The van der Waals surface area contributed by atoms with Crippen LogP contribution in [0.1, 0.15) is 31.1 Å². The lowest BCUT2D eigenvalue weighted by Crippen LogP contribution is -2.34. The van der Waals surface area contributed by atoms with Gasteiger partial charge in [-0.25, -0.2) is 0 Å². The maximum Gasteiger partial charge on any atom is 0.254 e. The lowest BCUT2D eigenvalue weighted by Gasteiger charge is -2.23. The van der Waals surface area contributed by atoms with Crippen LogP contribution in [-0.4, -0.2) is 23.9 Å². The summed E-state index contributed by atoms with van der Waals surface area (Å²) >= 11 is 0. The van der Waals surface area contributed by atoms with Crippen molar-refractivity contribution >= 4 is 17.3 Å². The van der Waals surface area contributed by atoms with Crippen LogP contribution in [0.4, 0.5) is 11.4 Å². The smallest absolute Gasteiger partial charge is 0.254 e. The molecule has 0 aliphatic rings. The summed E-state index contributed by atoms with van der Waals surface area (Å²) in [5.74, 6) is 0.428. The van der Waals surface area contributed by atoms with Crippen LogP contribution >= 0.6 is 0 Å². The minimum Gasteiger partial charge on any atom is -0.399 e. The third-order valence-corrected chi connectivity index (χ3v) is 2.48.